The van der Waals surface area contributed by atoms with Crippen LogP contribution in [0, 0.1) is 5.92 Å². The minimum Gasteiger partial charge on any atom is -0.484 e. The number of aliphatic hydroxyl groups is 1. The third-order valence-corrected chi connectivity index (χ3v) is 3.63. The number of rotatable bonds is 9. The number of benzene rings is 1. The molecule has 0 radical (unpaired) electrons. The second kappa shape index (κ2) is 9.93. The van der Waals surface area contributed by atoms with Gasteiger partial charge in [0.05, 0.1) is 19.1 Å². The molecule has 0 bridgehead atoms. The Hall–Kier alpha value is -2.08. The highest BCUT2D eigenvalue weighted by Crippen LogP contribution is 2.13. The molecule has 2 unspecified atom stereocenters. The van der Waals surface area contributed by atoms with E-state index in [1.807, 2.05) is 24.3 Å². The standard InChI is InChI=1S/C18H27NO5/c1-5-15-6-8-16(9-7-15)24-12-17(21)19(11-14(3)20)10-13(2)18(22)23-4/h6-9,13-14,20H,5,10-12H2,1-4H3. The molecular formula is C18H27NO5. The summed E-state index contributed by atoms with van der Waals surface area (Å²) in [4.78, 5) is 25.3. The third-order valence-electron chi connectivity index (χ3n) is 3.63. The van der Waals surface area contributed by atoms with Crippen molar-refractivity contribution in [2.45, 2.75) is 33.3 Å². The molecule has 24 heavy (non-hydrogen) atoms. The van der Waals surface area contributed by atoms with Gasteiger partial charge in [-0.25, -0.2) is 0 Å². The van der Waals surface area contributed by atoms with Crippen LogP contribution in [0.5, 0.6) is 5.75 Å². The van der Waals surface area contributed by atoms with Gasteiger partial charge >= 0.3 is 5.97 Å². The highest BCUT2D eigenvalue weighted by Gasteiger charge is 2.23. The van der Waals surface area contributed by atoms with Crippen molar-refractivity contribution in [2.24, 2.45) is 5.92 Å². The summed E-state index contributed by atoms with van der Waals surface area (Å²) in [5.41, 5.74) is 1.19. The van der Waals surface area contributed by atoms with E-state index in [0.717, 1.165) is 6.42 Å². The number of aliphatic hydroxyl groups excluding tert-OH is 1. The summed E-state index contributed by atoms with van der Waals surface area (Å²) in [6.45, 7) is 5.50. The number of carbonyl (C=O) groups is 2. The van der Waals surface area contributed by atoms with Crippen molar-refractivity contribution >= 4 is 11.9 Å². The second-order valence-electron chi connectivity index (χ2n) is 5.86. The van der Waals surface area contributed by atoms with Crippen molar-refractivity contribution in [1.29, 1.82) is 0 Å². The molecule has 0 aliphatic heterocycles. The normalized spacial score (nSPS) is 13.0. The molecule has 0 saturated heterocycles. The van der Waals surface area contributed by atoms with Crippen molar-refractivity contribution in [2.75, 3.05) is 26.8 Å². The minimum absolute atomic E-state index is 0.137. The number of aryl methyl sites for hydroxylation is 1. The van der Waals surface area contributed by atoms with Crippen molar-refractivity contribution in [3.05, 3.63) is 29.8 Å². The van der Waals surface area contributed by atoms with E-state index in [9.17, 15) is 14.7 Å². The molecule has 1 N–H and O–H groups in total. The maximum absolute atomic E-state index is 12.4. The monoisotopic (exact) mass is 337 g/mol. The van der Waals surface area contributed by atoms with E-state index >= 15 is 0 Å². The Labute approximate surface area is 143 Å². The summed E-state index contributed by atoms with van der Waals surface area (Å²) in [5.74, 6) is -0.541. The molecule has 0 aliphatic rings. The van der Waals surface area contributed by atoms with Gasteiger partial charge in [0.25, 0.3) is 5.91 Å². The Morgan fingerprint density at radius 3 is 2.29 bits per heavy atom. The van der Waals surface area contributed by atoms with Crippen LogP contribution in [-0.2, 0) is 20.7 Å². The fourth-order valence-corrected chi connectivity index (χ4v) is 2.26. The van der Waals surface area contributed by atoms with Crippen LogP contribution in [0.15, 0.2) is 24.3 Å². The summed E-state index contributed by atoms with van der Waals surface area (Å²) in [6, 6.07) is 7.55. The minimum atomic E-state index is -0.692. The molecule has 1 amide bonds. The lowest BCUT2D eigenvalue weighted by atomic mass is 10.1. The van der Waals surface area contributed by atoms with E-state index < -0.39 is 18.0 Å². The molecule has 134 valence electrons. The molecule has 0 heterocycles. The maximum Gasteiger partial charge on any atom is 0.310 e. The SMILES string of the molecule is CCc1ccc(OCC(=O)N(CC(C)O)CC(C)C(=O)OC)cc1. The first-order valence-electron chi connectivity index (χ1n) is 8.12. The number of hydrogen-bond donors (Lipinski definition) is 1. The van der Waals surface area contributed by atoms with Crippen molar-refractivity contribution in [3.63, 3.8) is 0 Å². The van der Waals surface area contributed by atoms with Gasteiger partial charge in [-0.3, -0.25) is 9.59 Å². The lowest BCUT2D eigenvalue weighted by Crippen LogP contribution is -2.43. The fourth-order valence-electron chi connectivity index (χ4n) is 2.26. The molecular weight excluding hydrogens is 310 g/mol. The lowest BCUT2D eigenvalue weighted by Gasteiger charge is -2.26. The Balaban J connectivity index is 2.64. The summed E-state index contributed by atoms with van der Waals surface area (Å²) in [7, 11) is 1.31. The van der Waals surface area contributed by atoms with Crippen LogP contribution in [0.4, 0.5) is 0 Å². The predicted molar refractivity (Wildman–Crippen MR) is 90.8 cm³/mol. The number of carbonyl (C=O) groups excluding carboxylic acids is 2. The molecule has 0 fully saturated rings. The van der Waals surface area contributed by atoms with Gasteiger partial charge in [-0.1, -0.05) is 26.0 Å². The predicted octanol–water partition coefficient (Wildman–Crippen LogP) is 1.65. The fraction of sp³-hybridized carbons (Fsp3) is 0.556. The average Bonchev–Trinajstić information content (AvgIpc) is 2.58. The lowest BCUT2D eigenvalue weighted by molar-refractivity contribution is -0.147. The Bertz CT molecular complexity index is 527. The molecule has 0 aliphatic carbocycles. The van der Waals surface area contributed by atoms with Crippen molar-refractivity contribution < 1.29 is 24.2 Å². The van der Waals surface area contributed by atoms with Gasteiger partial charge in [0.2, 0.25) is 0 Å². The first-order valence-corrected chi connectivity index (χ1v) is 8.12. The topological polar surface area (TPSA) is 76.1 Å². The van der Waals surface area contributed by atoms with Crippen LogP contribution >= 0.6 is 0 Å². The molecule has 2 atom stereocenters. The number of esters is 1. The van der Waals surface area contributed by atoms with Gasteiger partial charge < -0.3 is 19.5 Å². The Morgan fingerprint density at radius 2 is 1.79 bits per heavy atom. The molecule has 6 heteroatoms. The largest absolute Gasteiger partial charge is 0.484 e. The van der Waals surface area contributed by atoms with Gasteiger partial charge in [0.1, 0.15) is 5.75 Å². The first-order chi connectivity index (χ1) is 11.4. The van der Waals surface area contributed by atoms with Gasteiger partial charge in [0.15, 0.2) is 6.61 Å². The number of methoxy groups -OCH3 is 1. The van der Waals surface area contributed by atoms with E-state index in [1.54, 1.807) is 13.8 Å². The zero-order chi connectivity index (χ0) is 18.1. The molecule has 0 spiro atoms. The zero-order valence-electron chi connectivity index (χ0n) is 14.8. The van der Waals surface area contributed by atoms with Crippen LogP contribution in [0.1, 0.15) is 26.3 Å². The molecule has 1 aromatic rings. The summed E-state index contributed by atoms with van der Waals surface area (Å²) < 4.78 is 10.2. The van der Waals surface area contributed by atoms with Crippen molar-refractivity contribution in [1.82, 2.24) is 4.90 Å². The van der Waals surface area contributed by atoms with Gasteiger partial charge in [-0.15, -0.1) is 0 Å². The number of ether oxygens (including phenoxy) is 2. The molecule has 6 nitrogen and oxygen atoms in total. The van der Waals surface area contributed by atoms with Gasteiger partial charge in [-0.05, 0) is 31.0 Å². The molecule has 1 aromatic carbocycles. The van der Waals surface area contributed by atoms with E-state index in [4.69, 9.17) is 4.74 Å². The second-order valence-corrected chi connectivity index (χ2v) is 5.86. The van der Waals surface area contributed by atoms with Crippen molar-refractivity contribution in [3.8, 4) is 5.75 Å². The van der Waals surface area contributed by atoms with E-state index in [-0.39, 0.29) is 25.6 Å². The molecule has 0 aromatic heterocycles. The van der Waals surface area contributed by atoms with Crippen LogP contribution in [0.2, 0.25) is 0 Å². The van der Waals surface area contributed by atoms with Crippen LogP contribution in [-0.4, -0.2) is 54.8 Å². The smallest absolute Gasteiger partial charge is 0.310 e. The third kappa shape index (κ3) is 6.58. The van der Waals surface area contributed by atoms with Crippen LogP contribution in [0.25, 0.3) is 0 Å². The van der Waals surface area contributed by atoms with Gasteiger partial charge in [0, 0.05) is 13.1 Å². The van der Waals surface area contributed by atoms with Crippen LogP contribution in [0.3, 0.4) is 0 Å². The highest BCUT2D eigenvalue weighted by atomic mass is 16.5. The number of nitrogens with zero attached hydrogens (tertiary/aromatic N) is 1. The summed E-state index contributed by atoms with van der Waals surface area (Å²) in [5, 5.41) is 9.57. The average molecular weight is 337 g/mol. The van der Waals surface area contributed by atoms with E-state index in [2.05, 4.69) is 11.7 Å². The summed E-state index contributed by atoms with van der Waals surface area (Å²) >= 11 is 0. The maximum atomic E-state index is 12.4. The summed E-state index contributed by atoms with van der Waals surface area (Å²) in [6.07, 6.45) is 0.245. The highest BCUT2D eigenvalue weighted by molar-refractivity contribution is 5.79. The van der Waals surface area contributed by atoms with E-state index in [1.165, 1.54) is 17.6 Å². The Morgan fingerprint density at radius 1 is 1.17 bits per heavy atom. The zero-order valence-corrected chi connectivity index (χ0v) is 14.8. The van der Waals surface area contributed by atoms with E-state index in [0.29, 0.717) is 5.75 Å². The first kappa shape index (κ1) is 20.0. The molecule has 0 saturated carbocycles. The molecule has 1 rings (SSSR count). The van der Waals surface area contributed by atoms with Gasteiger partial charge in [-0.2, -0.15) is 0 Å². The van der Waals surface area contributed by atoms with Crippen LogP contribution < -0.4 is 4.74 Å². The number of amides is 1. The Kier molecular flexibility index (Phi) is 8.26. The number of hydrogen-bond acceptors (Lipinski definition) is 5. The quantitative estimate of drug-likeness (QED) is 0.693.